The van der Waals surface area contributed by atoms with Gasteiger partial charge in [0.2, 0.25) is 35.4 Å². The highest BCUT2D eigenvalue weighted by Crippen LogP contribution is 2.20. The Hall–Kier alpha value is -6.58. The van der Waals surface area contributed by atoms with Gasteiger partial charge < -0.3 is 48.8 Å². The first-order valence-corrected chi connectivity index (χ1v) is 20.2. The lowest BCUT2D eigenvalue weighted by molar-refractivity contribution is -0.134. The van der Waals surface area contributed by atoms with Gasteiger partial charge in [-0.1, -0.05) is 91.0 Å². The Morgan fingerprint density at radius 1 is 0.583 bits per heavy atom. The molecule has 0 saturated carbocycles. The zero-order valence-corrected chi connectivity index (χ0v) is 33.9. The van der Waals surface area contributed by atoms with Gasteiger partial charge in [-0.15, -0.1) is 0 Å². The number of benzene rings is 4. The predicted molar refractivity (Wildman–Crippen MR) is 231 cm³/mol. The first kappa shape index (κ1) is 44.5. The molecule has 0 bridgehead atoms. The van der Waals surface area contributed by atoms with Crippen molar-refractivity contribution in [1.82, 2.24) is 31.6 Å². The van der Waals surface area contributed by atoms with Gasteiger partial charge in [-0.3, -0.25) is 28.8 Å². The second-order valence-electron chi connectivity index (χ2n) is 15.1. The average molecular weight is 818 g/mol. The highest BCUT2D eigenvalue weighted by atomic mass is 16.2. The third-order valence-corrected chi connectivity index (χ3v) is 10.3. The van der Waals surface area contributed by atoms with Crippen LogP contribution in [0.25, 0.3) is 21.7 Å². The average Bonchev–Trinajstić information content (AvgIpc) is 3.65. The number of para-hydroxylation sites is 1. The number of hydrogen-bond acceptors (Lipinski definition) is 8. The maximum atomic E-state index is 14.3. The number of nitrogens with two attached hydrogens (primary N) is 3. The van der Waals surface area contributed by atoms with Crippen molar-refractivity contribution < 1.29 is 28.8 Å². The zero-order chi connectivity index (χ0) is 43.2. The first-order chi connectivity index (χ1) is 28.8. The number of aromatic amines is 1. The summed E-state index contributed by atoms with van der Waals surface area (Å²) in [6, 6.07) is 23.4. The van der Waals surface area contributed by atoms with Crippen molar-refractivity contribution in [3.05, 3.63) is 120 Å². The van der Waals surface area contributed by atoms with E-state index < -0.39 is 71.7 Å². The Morgan fingerprint density at radius 3 is 1.83 bits per heavy atom. The van der Waals surface area contributed by atoms with E-state index in [1.807, 2.05) is 72.8 Å². The molecular formula is C45H55N9O6. The van der Waals surface area contributed by atoms with E-state index in [4.69, 9.17) is 17.2 Å². The molecule has 15 heteroatoms. The molecule has 0 saturated heterocycles. The summed E-state index contributed by atoms with van der Waals surface area (Å²) in [7, 11) is 0. The minimum atomic E-state index is -1.23. The number of carbonyl (C=O) groups is 6. The molecule has 5 aromatic rings. The summed E-state index contributed by atoms with van der Waals surface area (Å²) in [5.74, 6) is -3.90. The van der Waals surface area contributed by atoms with Gasteiger partial charge in [0.25, 0.3) is 0 Å². The maximum absolute atomic E-state index is 14.3. The molecule has 0 radical (unpaired) electrons. The summed E-state index contributed by atoms with van der Waals surface area (Å²) in [5, 5.41) is 16.5. The molecule has 12 N–H and O–H groups in total. The van der Waals surface area contributed by atoms with Gasteiger partial charge in [-0.25, -0.2) is 0 Å². The van der Waals surface area contributed by atoms with Crippen molar-refractivity contribution in [2.24, 2.45) is 17.2 Å². The van der Waals surface area contributed by atoms with E-state index in [-0.39, 0.29) is 25.7 Å². The van der Waals surface area contributed by atoms with Crippen LogP contribution in [0.15, 0.2) is 103 Å². The van der Waals surface area contributed by atoms with Crippen molar-refractivity contribution >= 4 is 57.1 Å². The van der Waals surface area contributed by atoms with Crippen molar-refractivity contribution in [3.8, 4) is 0 Å². The number of nitrogens with one attached hydrogen (secondary N) is 6. The van der Waals surface area contributed by atoms with Crippen LogP contribution in [0.1, 0.15) is 49.8 Å². The molecule has 1 aromatic heterocycles. The van der Waals surface area contributed by atoms with Crippen molar-refractivity contribution in [3.63, 3.8) is 0 Å². The molecular weight excluding hydrogens is 763 g/mol. The lowest BCUT2D eigenvalue weighted by Crippen LogP contribution is -2.59. The number of H-pyrrole nitrogens is 1. The van der Waals surface area contributed by atoms with E-state index in [1.165, 1.54) is 13.8 Å². The Bertz CT molecular complexity index is 2280. The van der Waals surface area contributed by atoms with Gasteiger partial charge in [0.1, 0.15) is 30.2 Å². The van der Waals surface area contributed by atoms with Gasteiger partial charge in [0.15, 0.2) is 0 Å². The first-order valence-electron chi connectivity index (χ1n) is 20.2. The molecule has 0 aliphatic carbocycles. The van der Waals surface area contributed by atoms with Crippen LogP contribution in [0.3, 0.4) is 0 Å². The van der Waals surface area contributed by atoms with Crippen LogP contribution in [0, 0.1) is 0 Å². The van der Waals surface area contributed by atoms with Crippen LogP contribution in [-0.2, 0) is 48.0 Å². The molecule has 0 aliphatic rings. The molecule has 0 fully saturated rings. The number of rotatable bonds is 21. The second-order valence-corrected chi connectivity index (χ2v) is 15.1. The normalized spacial score (nSPS) is 14.2. The number of aromatic nitrogens is 1. The summed E-state index contributed by atoms with van der Waals surface area (Å²) in [4.78, 5) is 84.2. The Kier molecular flexibility index (Phi) is 15.9. The molecule has 0 aliphatic heterocycles. The molecule has 316 valence electrons. The van der Waals surface area contributed by atoms with Crippen LogP contribution in [0.4, 0.5) is 0 Å². The second kappa shape index (κ2) is 21.4. The molecule has 4 aromatic carbocycles. The number of amides is 6. The van der Waals surface area contributed by atoms with Gasteiger partial charge >= 0.3 is 0 Å². The van der Waals surface area contributed by atoms with Crippen molar-refractivity contribution in [1.29, 1.82) is 0 Å². The largest absolute Gasteiger partial charge is 0.368 e. The maximum Gasteiger partial charge on any atom is 0.243 e. The highest BCUT2D eigenvalue weighted by molar-refractivity contribution is 5.97. The summed E-state index contributed by atoms with van der Waals surface area (Å²) in [5.41, 5.74) is 20.2. The fourth-order valence-corrected chi connectivity index (χ4v) is 6.90. The predicted octanol–water partition coefficient (Wildman–Crippen LogP) is 1.75. The van der Waals surface area contributed by atoms with Crippen LogP contribution in [0.2, 0.25) is 0 Å². The van der Waals surface area contributed by atoms with Crippen LogP contribution in [-0.4, -0.2) is 83.2 Å². The lowest BCUT2D eigenvalue weighted by Gasteiger charge is -2.26. The van der Waals surface area contributed by atoms with E-state index in [1.54, 1.807) is 30.5 Å². The molecule has 15 nitrogen and oxygen atoms in total. The van der Waals surface area contributed by atoms with E-state index in [2.05, 4.69) is 31.6 Å². The Morgan fingerprint density at radius 2 is 1.15 bits per heavy atom. The Balaban J connectivity index is 1.37. The quantitative estimate of drug-likeness (QED) is 0.0492. The lowest BCUT2D eigenvalue weighted by atomic mass is 10.0. The number of fused-ring (bicyclic) bond motifs is 2. The molecule has 0 spiro atoms. The van der Waals surface area contributed by atoms with E-state index in [0.29, 0.717) is 19.4 Å². The minimum Gasteiger partial charge on any atom is -0.368 e. The molecule has 0 unspecified atom stereocenters. The zero-order valence-electron chi connectivity index (χ0n) is 33.9. The Labute approximate surface area is 349 Å². The van der Waals surface area contributed by atoms with Crippen molar-refractivity contribution in [2.45, 2.75) is 88.6 Å². The molecule has 60 heavy (non-hydrogen) atoms. The summed E-state index contributed by atoms with van der Waals surface area (Å²) in [6.45, 7) is 3.38. The van der Waals surface area contributed by atoms with Crippen LogP contribution >= 0.6 is 0 Å². The van der Waals surface area contributed by atoms with E-state index in [0.717, 1.165) is 38.4 Å². The third-order valence-electron chi connectivity index (χ3n) is 10.3. The van der Waals surface area contributed by atoms with E-state index in [9.17, 15) is 28.8 Å². The fourth-order valence-electron chi connectivity index (χ4n) is 6.90. The smallest absolute Gasteiger partial charge is 0.243 e. The molecule has 1 heterocycles. The molecule has 6 amide bonds. The monoisotopic (exact) mass is 817 g/mol. The third kappa shape index (κ3) is 12.5. The number of carbonyl (C=O) groups excluding carboxylic acids is 6. The van der Waals surface area contributed by atoms with E-state index >= 15 is 0 Å². The van der Waals surface area contributed by atoms with Gasteiger partial charge in [0.05, 0.1) is 6.04 Å². The summed E-state index contributed by atoms with van der Waals surface area (Å²) >= 11 is 0. The van der Waals surface area contributed by atoms with Crippen molar-refractivity contribution in [2.75, 3.05) is 6.54 Å². The number of primary amides is 1. The fraction of sp³-hybridized carbons (Fsp3) is 0.333. The van der Waals surface area contributed by atoms with Gasteiger partial charge in [-0.05, 0) is 73.2 Å². The van der Waals surface area contributed by atoms with Crippen LogP contribution in [0.5, 0.6) is 0 Å². The highest BCUT2D eigenvalue weighted by Gasteiger charge is 2.32. The SMILES string of the molecule is C[C@@H](N)C(=O)N[C@H](Cc1ccc2ccccc2c1)C(=O)N[C@H](C)C(=O)N[C@H](Cc1c[nH]c2ccccc12)C(=O)N[C@@H](Cc1ccccc1)C(=O)N[C@@H](CCCCN)C(N)=O. The number of unbranched alkanes of at least 4 members (excludes halogenated alkanes) is 1. The summed E-state index contributed by atoms with van der Waals surface area (Å²) < 4.78 is 0. The van der Waals surface area contributed by atoms with Gasteiger partial charge in [0, 0.05) is 36.4 Å². The van der Waals surface area contributed by atoms with Crippen LogP contribution < -0.4 is 43.8 Å². The topological polar surface area (TPSA) is 256 Å². The standard InChI is InChI=1S/C45H55N9O6/c1-27(47)41(56)52-38(24-30-19-20-31-14-6-7-15-32(31)22-30)43(58)50-28(2)42(57)53-39(25-33-26-49-35-17-9-8-16-34(33)35)45(60)54-37(23-29-12-4-3-5-13-29)44(59)51-36(40(48)55)18-10-11-21-46/h3-9,12-17,19-20,22,26-28,36-39,49H,10-11,18,21,23-25,46-47H2,1-2H3,(H2,48,55)(H,50,58)(H,51,59)(H,52,56)(H,53,57)(H,54,60)/t27-,28-,36+,37+,38-,39-/m1/s1. The number of hydrogen-bond donors (Lipinski definition) is 9. The molecule has 5 rings (SSSR count). The van der Waals surface area contributed by atoms with Gasteiger partial charge in [-0.2, -0.15) is 0 Å². The summed E-state index contributed by atoms with van der Waals surface area (Å²) in [6.07, 6.45) is 3.39. The minimum absolute atomic E-state index is 0.0139. The molecule has 6 atom stereocenters.